The maximum absolute atomic E-state index is 12.2. The highest BCUT2D eigenvalue weighted by Gasteiger charge is 2.16. The average molecular weight is 368 g/mol. The summed E-state index contributed by atoms with van der Waals surface area (Å²) in [5.74, 6) is 0.814. The summed E-state index contributed by atoms with van der Waals surface area (Å²) in [6.07, 6.45) is 6.10. The molecule has 1 amide bonds. The quantitative estimate of drug-likeness (QED) is 0.660. The highest BCUT2D eigenvalue weighted by molar-refractivity contribution is 5.76. The first-order valence-electron chi connectivity index (χ1n) is 8.89. The third-order valence-electron chi connectivity index (χ3n) is 4.47. The molecule has 0 aliphatic heterocycles. The molecule has 2 aromatic heterocycles. The first-order valence-corrected chi connectivity index (χ1v) is 8.89. The average Bonchev–Trinajstić information content (AvgIpc) is 3.31. The second kappa shape index (κ2) is 8.48. The van der Waals surface area contributed by atoms with Crippen molar-refractivity contribution in [3.63, 3.8) is 0 Å². The van der Waals surface area contributed by atoms with Crippen molar-refractivity contribution in [2.75, 3.05) is 7.11 Å². The molecule has 0 aliphatic rings. The lowest BCUT2D eigenvalue weighted by molar-refractivity contribution is -0.121. The van der Waals surface area contributed by atoms with Crippen molar-refractivity contribution in [2.45, 2.75) is 39.3 Å². The fraction of sp³-hybridized carbons (Fsp3) is 0.368. The van der Waals surface area contributed by atoms with Crippen molar-refractivity contribution < 1.29 is 9.53 Å². The van der Waals surface area contributed by atoms with E-state index in [4.69, 9.17) is 4.74 Å². The first kappa shape index (κ1) is 18.6. The molecule has 0 fully saturated rings. The monoisotopic (exact) mass is 368 g/mol. The molecule has 1 N–H and O–H groups in total. The number of benzene rings is 1. The lowest BCUT2D eigenvalue weighted by Crippen LogP contribution is -2.27. The van der Waals surface area contributed by atoms with E-state index in [9.17, 15) is 4.79 Å². The fourth-order valence-electron chi connectivity index (χ4n) is 2.97. The van der Waals surface area contributed by atoms with Crippen LogP contribution in [0.3, 0.4) is 0 Å². The van der Waals surface area contributed by atoms with Gasteiger partial charge in [-0.05, 0) is 44.5 Å². The van der Waals surface area contributed by atoms with E-state index in [1.807, 2.05) is 42.8 Å². The minimum atomic E-state index is -0.115. The van der Waals surface area contributed by atoms with Gasteiger partial charge in [0.15, 0.2) is 0 Å². The topological polar surface area (TPSA) is 86.9 Å². The molecule has 0 radical (unpaired) electrons. The summed E-state index contributed by atoms with van der Waals surface area (Å²) in [4.78, 5) is 16.1. The van der Waals surface area contributed by atoms with Crippen LogP contribution in [0.25, 0.3) is 5.69 Å². The van der Waals surface area contributed by atoms with Crippen molar-refractivity contribution in [1.82, 2.24) is 29.9 Å². The van der Waals surface area contributed by atoms with Crippen LogP contribution >= 0.6 is 0 Å². The molecule has 0 unspecified atom stereocenters. The SMILES string of the molecule is COc1ccc(-n2ncc([C@@H](C)NC(=O)CCCn3cncn3)c2C)cc1. The number of aromatic nitrogens is 5. The van der Waals surface area contributed by atoms with Gasteiger partial charge >= 0.3 is 0 Å². The predicted molar refractivity (Wildman–Crippen MR) is 101 cm³/mol. The number of ether oxygens (including phenoxy) is 1. The molecule has 8 heteroatoms. The third-order valence-corrected chi connectivity index (χ3v) is 4.47. The van der Waals surface area contributed by atoms with Crippen LogP contribution in [-0.2, 0) is 11.3 Å². The molecule has 0 aliphatic carbocycles. The predicted octanol–water partition coefficient (Wildman–Crippen LogP) is 2.44. The molecule has 0 spiro atoms. The van der Waals surface area contributed by atoms with Gasteiger partial charge in [0.25, 0.3) is 0 Å². The van der Waals surface area contributed by atoms with Gasteiger partial charge in [0.2, 0.25) is 5.91 Å². The number of hydrogen-bond donors (Lipinski definition) is 1. The minimum absolute atomic E-state index is 0.0132. The summed E-state index contributed by atoms with van der Waals surface area (Å²) in [5, 5.41) is 11.5. The third kappa shape index (κ3) is 4.52. The normalized spacial score (nSPS) is 12.0. The molecule has 3 aromatic rings. The summed E-state index contributed by atoms with van der Waals surface area (Å²) < 4.78 is 8.78. The van der Waals surface area contributed by atoms with Crippen LogP contribution in [0.2, 0.25) is 0 Å². The summed E-state index contributed by atoms with van der Waals surface area (Å²) >= 11 is 0. The molecule has 3 rings (SSSR count). The molecule has 8 nitrogen and oxygen atoms in total. The van der Waals surface area contributed by atoms with Gasteiger partial charge in [0, 0.05) is 24.2 Å². The van der Waals surface area contributed by atoms with E-state index in [2.05, 4.69) is 20.5 Å². The van der Waals surface area contributed by atoms with Crippen molar-refractivity contribution >= 4 is 5.91 Å². The molecule has 0 bridgehead atoms. The Morgan fingerprint density at radius 1 is 1.26 bits per heavy atom. The lowest BCUT2D eigenvalue weighted by Gasteiger charge is -2.14. The Bertz CT molecular complexity index is 870. The van der Waals surface area contributed by atoms with Crippen molar-refractivity contribution in [1.29, 1.82) is 0 Å². The van der Waals surface area contributed by atoms with E-state index in [0.717, 1.165) is 22.7 Å². The Balaban J connectivity index is 1.58. The Morgan fingerprint density at radius 3 is 2.70 bits per heavy atom. The van der Waals surface area contributed by atoms with E-state index < -0.39 is 0 Å². The smallest absolute Gasteiger partial charge is 0.220 e. The maximum atomic E-state index is 12.2. The molecule has 1 aromatic carbocycles. The Kier molecular flexibility index (Phi) is 5.85. The molecule has 142 valence electrons. The maximum Gasteiger partial charge on any atom is 0.220 e. The van der Waals surface area contributed by atoms with E-state index in [0.29, 0.717) is 19.4 Å². The second-order valence-corrected chi connectivity index (χ2v) is 6.35. The molecule has 27 heavy (non-hydrogen) atoms. The molecule has 1 atom stereocenters. The number of carbonyl (C=O) groups excluding carboxylic acids is 1. The zero-order chi connectivity index (χ0) is 19.2. The Morgan fingerprint density at radius 2 is 2.04 bits per heavy atom. The zero-order valence-corrected chi connectivity index (χ0v) is 15.8. The van der Waals surface area contributed by atoms with Crippen LogP contribution in [0.1, 0.15) is 37.1 Å². The van der Waals surface area contributed by atoms with Crippen molar-refractivity contribution in [3.8, 4) is 11.4 Å². The summed E-state index contributed by atoms with van der Waals surface area (Å²) in [5.41, 5.74) is 2.94. The zero-order valence-electron chi connectivity index (χ0n) is 15.8. The molecule has 2 heterocycles. The molecule has 0 saturated carbocycles. The van der Waals surface area contributed by atoms with Gasteiger partial charge in [0.05, 0.1) is 25.0 Å². The standard InChI is InChI=1S/C19H24N6O2/c1-14(23-19(26)5-4-10-24-13-20-12-22-24)18-11-21-25(15(18)2)16-6-8-17(27-3)9-7-16/h6-9,11-14H,4-5,10H2,1-3H3,(H,23,26)/t14-/m1/s1. The highest BCUT2D eigenvalue weighted by Crippen LogP contribution is 2.21. The molecular formula is C19H24N6O2. The first-order chi connectivity index (χ1) is 13.1. The van der Waals surface area contributed by atoms with Gasteiger partial charge in [-0.15, -0.1) is 0 Å². The van der Waals surface area contributed by atoms with E-state index >= 15 is 0 Å². The fourth-order valence-corrected chi connectivity index (χ4v) is 2.97. The van der Waals surface area contributed by atoms with Crippen LogP contribution < -0.4 is 10.1 Å². The van der Waals surface area contributed by atoms with Gasteiger partial charge < -0.3 is 10.1 Å². The van der Waals surface area contributed by atoms with E-state index in [1.54, 1.807) is 24.3 Å². The van der Waals surface area contributed by atoms with Crippen molar-refractivity contribution in [2.24, 2.45) is 0 Å². The van der Waals surface area contributed by atoms with Crippen molar-refractivity contribution in [3.05, 3.63) is 54.4 Å². The largest absolute Gasteiger partial charge is 0.497 e. The number of nitrogens with one attached hydrogen (secondary N) is 1. The number of methoxy groups -OCH3 is 1. The van der Waals surface area contributed by atoms with Gasteiger partial charge in [-0.1, -0.05) is 0 Å². The van der Waals surface area contributed by atoms with Crippen LogP contribution in [-0.4, -0.2) is 37.6 Å². The Labute approximate surface area is 158 Å². The van der Waals surface area contributed by atoms with Crippen LogP contribution in [0.5, 0.6) is 5.75 Å². The highest BCUT2D eigenvalue weighted by atomic mass is 16.5. The van der Waals surface area contributed by atoms with Crippen LogP contribution in [0.15, 0.2) is 43.1 Å². The Hall–Kier alpha value is -3.16. The second-order valence-electron chi connectivity index (χ2n) is 6.35. The number of hydrogen-bond acceptors (Lipinski definition) is 5. The van der Waals surface area contributed by atoms with Gasteiger partial charge in [0.1, 0.15) is 18.4 Å². The number of amides is 1. The minimum Gasteiger partial charge on any atom is -0.497 e. The number of rotatable bonds is 8. The summed E-state index contributed by atoms with van der Waals surface area (Å²) in [6, 6.07) is 7.59. The van der Waals surface area contributed by atoms with E-state index in [-0.39, 0.29) is 11.9 Å². The number of carbonyl (C=O) groups is 1. The van der Waals surface area contributed by atoms with Gasteiger partial charge in [-0.25, -0.2) is 9.67 Å². The molecule has 0 saturated heterocycles. The van der Waals surface area contributed by atoms with Gasteiger partial charge in [-0.3, -0.25) is 9.48 Å². The molecular weight excluding hydrogens is 344 g/mol. The lowest BCUT2D eigenvalue weighted by atomic mass is 10.1. The summed E-state index contributed by atoms with van der Waals surface area (Å²) in [6.45, 7) is 4.65. The van der Waals surface area contributed by atoms with Gasteiger partial charge in [-0.2, -0.15) is 10.2 Å². The van der Waals surface area contributed by atoms with Crippen LogP contribution in [0, 0.1) is 6.92 Å². The van der Waals surface area contributed by atoms with E-state index in [1.165, 1.54) is 6.33 Å². The number of aryl methyl sites for hydroxylation is 1. The van der Waals surface area contributed by atoms with Crippen LogP contribution in [0.4, 0.5) is 0 Å². The summed E-state index contributed by atoms with van der Waals surface area (Å²) in [7, 11) is 1.64. The number of nitrogens with zero attached hydrogens (tertiary/aromatic N) is 5.